The maximum atomic E-state index is 12.0. The first-order valence-electron chi connectivity index (χ1n) is 8.24. The topological polar surface area (TPSA) is 93.5 Å². The summed E-state index contributed by atoms with van der Waals surface area (Å²) in [5.41, 5.74) is 0.831. The number of imidazole rings is 1. The van der Waals surface area contributed by atoms with Crippen molar-refractivity contribution in [3.63, 3.8) is 0 Å². The van der Waals surface area contributed by atoms with Crippen molar-refractivity contribution in [2.24, 2.45) is 0 Å². The van der Waals surface area contributed by atoms with E-state index < -0.39 is 24.1 Å². The van der Waals surface area contributed by atoms with Gasteiger partial charge in [-0.1, -0.05) is 37.3 Å². The van der Waals surface area contributed by atoms with Crippen LogP contribution in [0.4, 0.5) is 4.79 Å². The van der Waals surface area contributed by atoms with Crippen molar-refractivity contribution in [2.75, 3.05) is 0 Å². The summed E-state index contributed by atoms with van der Waals surface area (Å²) in [6, 6.07) is 7.59. The highest BCUT2D eigenvalue weighted by atomic mass is 16.5. The first-order valence-corrected chi connectivity index (χ1v) is 8.24. The predicted molar refractivity (Wildman–Crippen MR) is 92.1 cm³/mol. The average Bonchev–Trinajstić information content (AvgIpc) is 3.06. The number of hydrogen-bond acceptors (Lipinski definition) is 4. The molecule has 7 heteroatoms. The fraction of sp³-hybridized carbons (Fsp3) is 0.389. The number of aliphatic carboxylic acids is 1. The molecule has 0 radical (unpaired) electrons. The van der Waals surface area contributed by atoms with Crippen molar-refractivity contribution in [3.8, 4) is 0 Å². The molecule has 2 aromatic rings. The van der Waals surface area contributed by atoms with Crippen molar-refractivity contribution in [2.45, 2.75) is 45.4 Å². The normalized spacial score (nSPS) is 13.0. The van der Waals surface area contributed by atoms with Gasteiger partial charge in [0, 0.05) is 18.8 Å². The molecule has 2 N–H and O–H groups in total. The van der Waals surface area contributed by atoms with Crippen molar-refractivity contribution < 1.29 is 19.4 Å². The van der Waals surface area contributed by atoms with Gasteiger partial charge in [0.15, 0.2) is 0 Å². The van der Waals surface area contributed by atoms with E-state index >= 15 is 0 Å². The van der Waals surface area contributed by atoms with E-state index in [2.05, 4.69) is 10.3 Å². The second-order valence-corrected chi connectivity index (χ2v) is 5.76. The van der Waals surface area contributed by atoms with Crippen LogP contribution in [0.25, 0.3) is 0 Å². The second-order valence-electron chi connectivity index (χ2n) is 5.76. The Morgan fingerprint density at radius 1 is 1.32 bits per heavy atom. The van der Waals surface area contributed by atoms with Crippen LogP contribution in [-0.2, 0) is 22.6 Å². The van der Waals surface area contributed by atoms with Gasteiger partial charge in [-0.15, -0.1) is 0 Å². The van der Waals surface area contributed by atoms with E-state index in [-0.39, 0.29) is 6.61 Å². The number of carboxylic acids is 1. The van der Waals surface area contributed by atoms with Crippen LogP contribution in [0.15, 0.2) is 42.7 Å². The van der Waals surface area contributed by atoms with Crippen LogP contribution in [-0.4, -0.2) is 32.8 Å². The predicted octanol–water partition coefficient (Wildman–Crippen LogP) is 2.78. The molecule has 1 heterocycles. The third-order valence-corrected chi connectivity index (χ3v) is 3.90. The minimum absolute atomic E-state index is 0.0829. The molecular weight excluding hydrogens is 322 g/mol. The second kappa shape index (κ2) is 8.86. The number of alkyl carbamates (subject to hydrolysis) is 1. The van der Waals surface area contributed by atoms with E-state index in [1.165, 1.54) is 0 Å². The smallest absolute Gasteiger partial charge is 0.408 e. The molecule has 25 heavy (non-hydrogen) atoms. The minimum Gasteiger partial charge on any atom is -0.480 e. The van der Waals surface area contributed by atoms with E-state index in [4.69, 9.17) is 4.74 Å². The summed E-state index contributed by atoms with van der Waals surface area (Å²) >= 11 is 0. The Morgan fingerprint density at radius 3 is 2.68 bits per heavy atom. The van der Waals surface area contributed by atoms with Crippen LogP contribution in [0.5, 0.6) is 0 Å². The van der Waals surface area contributed by atoms with Crippen LogP contribution in [0.1, 0.15) is 37.7 Å². The molecule has 0 saturated carbocycles. The molecule has 0 fully saturated rings. The lowest BCUT2D eigenvalue weighted by Crippen LogP contribution is -2.46. The largest absolute Gasteiger partial charge is 0.480 e. The molecule has 1 amide bonds. The van der Waals surface area contributed by atoms with Crippen LogP contribution >= 0.6 is 0 Å². The fourth-order valence-electron chi connectivity index (χ4n) is 2.57. The molecule has 1 aromatic carbocycles. The molecule has 0 aliphatic heterocycles. The number of aryl methyl sites for hydroxylation is 1. The number of rotatable bonds is 8. The molecular formula is C18H23N3O4. The summed E-state index contributed by atoms with van der Waals surface area (Å²) in [5.74, 6) is -0.332. The van der Waals surface area contributed by atoms with Crippen molar-refractivity contribution >= 4 is 12.1 Å². The average molecular weight is 345 g/mol. The maximum Gasteiger partial charge on any atom is 0.408 e. The lowest BCUT2D eigenvalue weighted by atomic mass is 10.1. The number of amides is 1. The van der Waals surface area contributed by atoms with Crippen LogP contribution in [0.3, 0.4) is 0 Å². The Kier molecular flexibility index (Phi) is 6.56. The fourth-order valence-corrected chi connectivity index (χ4v) is 2.57. The zero-order valence-corrected chi connectivity index (χ0v) is 14.4. The minimum atomic E-state index is -1.12. The number of carbonyl (C=O) groups is 2. The van der Waals surface area contributed by atoms with Crippen molar-refractivity contribution in [1.82, 2.24) is 14.9 Å². The third-order valence-electron chi connectivity index (χ3n) is 3.90. The summed E-state index contributed by atoms with van der Waals surface area (Å²) in [7, 11) is 0. The lowest BCUT2D eigenvalue weighted by molar-refractivity contribution is -0.140. The standard InChI is InChI=1S/C18H23N3O4/c1-3-7-15-19-10-11-21(15)13(2)16(17(22)23)20-18(24)25-12-14-8-5-4-6-9-14/h4-6,8-11,13,16H,3,7,12H2,1-2H3,(H,20,24)(H,22,23). The number of hydrogen-bond donors (Lipinski definition) is 2. The first-order chi connectivity index (χ1) is 12.0. The Morgan fingerprint density at radius 2 is 2.04 bits per heavy atom. The van der Waals surface area contributed by atoms with E-state index in [0.717, 1.165) is 24.2 Å². The molecule has 0 aliphatic rings. The summed E-state index contributed by atoms with van der Waals surface area (Å²) in [5, 5.41) is 11.9. The van der Waals surface area contributed by atoms with Crippen molar-refractivity contribution in [1.29, 1.82) is 0 Å². The molecule has 0 spiro atoms. The Labute approximate surface area is 146 Å². The highest BCUT2D eigenvalue weighted by Gasteiger charge is 2.29. The van der Waals surface area contributed by atoms with E-state index in [1.807, 2.05) is 37.3 Å². The van der Waals surface area contributed by atoms with Crippen LogP contribution in [0.2, 0.25) is 0 Å². The summed E-state index contributed by atoms with van der Waals surface area (Å²) < 4.78 is 6.89. The zero-order valence-electron chi connectivity index (χ0n) is 14.4. The van der Waals surface area contributed by atoms with Gasteiger partial charge in [-0.3, -0.25) is 0 Å². The number of ether oxygens (including phenoxy) is 1. The molecule has 2 atom stereocenters. The molecule has 1 aromatic heterocycles. The Hall–Kier alpha value is -2.83. The van der Waals surface area contributed by atoms with Gasteiger partial charge in [-0.25, -0.2) is 14.6 Å². The number of nitrogens with zero attached hydrogens (tertiary/aromatic N) is 2. The van der Waals surface area contributed by atoms with Gasteiger partial charge in [-0.2, -0.15) is 0 Å². The molecule has 0 aliphatic carbocycles. The molecule has 134 valence electrons. The van der Waals surface area contributed by atoms with Gasteiger partial charge in [-0.05, 0) is 18.9 Å². The Balaban J connectivity index is 2.01. The summed E-state index contributed by atoms with van der Waals surface area (Å²) in [4.78, 5) is 27.9. The van der Waals surface area contributed by atoms with Gasteiger partial charge in [0.25, 0.3) is 0 Å². The lowest BCUT2D eigenvalue weighted by Gasteiger charge is -2.24. The molecule has 7 nitrogen and oxygen atoms in total. The number of nitrogens with one attached hydrogen (secondary N) is 1. The quantitative estimate of drug-likeness (QED) is 0.767. The van der Waals surface area contributed by atoms with Crippen molar-refractivity contribution in [3.05, 3.63) is 54.1 Å². The third kappa shape index (κ3) is 5.07. The number of aromatic nitrogens is 2. The van der Waals surface area contributed by atoms with E-state index in [0.29, 0.717) is 0 Å². The van der Waals surface area contributed by atoms with Crippen LogP contribution < -0.4 is 5.32 Å². The number of carbonyl (C=O) groups excluding carboxylic acids is 1. The molecule has 0 saturated heterocycles. The van der Waals surface area contributed by atoms with E-state index in [9.17, 15) is 14.7 Å². The first kappa shape index (κ1) is 18.5. The number of carboxylic acid groups (broad SMARTS) is 1. The van der Waals surface area contributed by atoms with Gasteiger partial charge in [0.1, 0.15) is 18.5 Å². The highest BCUT2D eigenvalue weighted by molar-refractivity contribution is 5.80. The SMILES string of the molecule is CCCc1nccn1C(C)C(NC(=O)OCc1ccccc1)C(=O)O. The molecule has 2 rings (SSSR count). The molecule has 0 bridgehead atoms. The summed E-state index contributed by atoms with van der Waals surface area (Å²) in [6.07, 6.45) is 4.23. The monoisotopic (exact) mass is 345 g/mol. The zero-order chi connectivity index (χ0) is 18.2. The van der Waals surface area contributed by atoms with Gasteiger partial charge >= 0.3 is 12.1 Å². The van der Waals surface area contributed by atoms with E-state index in [1.54, 1.807) is 23.9 Å². The Bertz CT molecular complexity index is 699. The van der Waals surface area contributed by atoms with Gasteiger partial charge in [0.05, 0.1) is 6.04 Å². The van der Waals surface area contributed by atoms with Gasteiger partial charge in [0.2, 0.25) is 0 Å². The molecule has 2 unspecified atom stereocenters. The number of benzene rings is 1. The van der Waals surface area contributed by atoms with Gasteiger partial charge < -0.3 is 19.7 Å². The maximum absolute atomic E-state index is 12.0. The summed E-state index contributed by atoms with van der Waals surface area (Å²) in [6.45, 7) is 3.84. The highest BCUT2D eigenvalue weighted by Crippen LogP contribution is 2.16. The van der Waals surface area contributed by atoms with Crippen LogP contribution in [0, 0.1) is 0 Å².